The summed E-state index contributed by atoms with van der Waals surface area (Å²) in [6, 6.07) is 0. The number of unbranched alkanes of at least 4 members (excludes halogenated alkanes) is 2. The van der Waals surface area contributed by atoms with Gasteiger partial charge in [0, 0.05) is 0 Å². The van der Waals surface area contributed by atoms with Crippen LogP contribution in [0.25, 0.3) is 0 Å². The summed E-state index contributed by atoms with van der Waals surface area (Å²) in [6.07, 6.45) is 5.02. The molecule has 1 saturated heterocycles. The van der Waals surface area contributed by atoms with Gasteiger partial charge in [-0.1, -0.05) is 0 Å². The predicted molar refractivity (Wildman–Crippen MR) is 67.9 cm³/mol. The third-order valence-corrected chi connectivity index (χ3v) is 13.5. The zero-order valence-corrected chi connectivity index (χ0v) is 13.6. The summed E-state index contributed by atoms with van der Waals surface area (Å²) in [4.78, 5) is 0. The average molecular weight is 337 g/mol. The molecule has 1 heterocycles. The quantitative estimate of drug-likeness (QED) is 0.697. The van der Waals surface area contributed by atoms with Crippen molar-refractivity contribution in [3.05, 3.63) is 0 Å². The maximum atomic E-state index is 6.14. The molecule has 0 saturated carbocycles. The van der Waals surface area contributed by atoms with Gasteiger partial charge in [0.1, 0.15) is 0 Å². The van der Waals surface area contributed by atoms with E-state index in [9.17, 15) is 0 Å². The molecule has 1 rings (SSSR count). The summed E-state index contributed by atoms with van der Waals surface area (Å²) in [5, 5.41) is 0. The first kappa shape index (κ1) is 14.7. The monoisotopic (exact) mass is 338 g/mol. The van der Waals surface area contributed by atoms with Gasteiger partial charge in [0.25, 0.3) is 0 Å². The van der Waals surface area contributed by atoms with Crippen molar-refractivity contribution < 1.29 is 10.9 Å². The van der Waals surface area contributed by atoms with E-state index in [1.807, 2.05) is 0 Å². The van der Waals surface area contributed by atoms with Gasteiger partial charge in [-0.25, -0.2) is 0 Å². The Morgan fingerprint density at radius 2 is 1.31 bits per heavy atom. The van der Waals surface area contributed by atoms with Crippen molar-refractivity contribution in [3.63, 3.8) is 0 Å². The minimum atomic E-state index is -2.69. The SMILES string of the molecule is CCC[CH2][Sn]1([CH2]CCC)[O]CCOCC[O]1. The van der Waals surface area contributed by atoms with Gasteiger partial charge in [-0.05, 0) is 0 Å². The number of ether oxygens (including phenoxy) is 1. The maximum absolute atomic E-state index is 6.14. The zero-order chi connectivity index (χ0) is 11.7. The van der Waals surface area contributed by atoms with E-state index in [1.165, 1.54) is 34.6 Å². The van der Waals surface area contributed by atoms with Gasteiger partial charge in [0.2, 0.25) is 0 Å². The summed E-state index contributed by atoms with van der Waals surface area (Å²) in [7, 11) is 0. The first-order valence-corrected chi connectivity index (χ1v) is 13.1. The molecule has 16 heavy (non-hydrogen) atoms. The van der Waals surface area contributed by atoms with Crippen molar-refractivity contribution in [3.8, 4) is 0 Å². The Hall–Kier alpha value is 0.679. The van der Waals surface area contributed by atoms with Crippen LogP contribution in [0.4, 0.5) is 0 Å². The van der Waals surface area contributed by atoms with Crippen LogP contribution >= 0.6 is 0 Å². The Bertz CT molecular complexity index is 150. The van der Waals surface area contributed by atoms with Crippen molar-refractivity contribution in [1.82, 2.24) is 0 Å². The third kappa shape index (κ3) is 5.34. The molecular formula is C12H26O3Sn. The van der Waals surface area contributed by atoms with Crippen LogP contribution in [-0.2, 0) is 10.9 Å². The van der Waals surface area contributed by atoms with Gasteiger partial charge in [0.05, 0.1) is 0 Å². The Morgan fingerprint density at radius 3 is 1.75 bits per heavy atom. The first-order valence-electron chi connectivity index (χ1n) is 6.68. The van der Waals surface area contributed by atoms with Gasteiger partial charge < -0.3 is 0 Å². The van der Waals surface area contributed by atoms with E-state index in [4.69, 9.17) is 10.9 Å². The van der Waals surface area contributed by atoms with Crippen LogP contribution < -0.4 is 0 Å². The molecule has 0 aliphatic carbocycles. The number of hydrogen-bond acceptors (Lipinski definition) is 3. The molecule has 0 atom stereocenters. The second-order valence-electron chi connectivity index (χ2n) is 4.43. The fourth-order valence-corrected chi connectivity index (χ4v) is 12.3. The molecule has 0 amide bonds. The van der Waals surface area contributed by atoms with Gasteiger partial charge >= 0.3 is 105 Å². The Labute approximate surface area is 105 Å². The molecule has 4 heteroatoms. The zero-order valence-electron chi connectivity index (χ0n) is 10.8. The predicted octanol–water partition coefficient (Wildman–Crippen LogP) is 3.09. The van der Waals surface area contributed by atoms with E-state index < -0.39 is 19.2 Å². The molecule has 0 spiro atoms. The molecule has 96 valence electrons. The molecule has 3 nitrogen and oxygen atoms in total. The van der Waals surface area contributed by atoms with Crippen LogP contribution in [0.15, 0.2) is 0 Å². The van der Waals surface area contributed by atoms with Gasteiger partial charge in [-0.15, -0.1) is 0 Å². The van der Waals surface area contributed by atoms with E-state index in [0.717, 1.165) is 26.4 Å². The molecule has 0 aromatic rings. The second kappa shape index (κ2) is 8.72. The van der Waals surface area contributed by atoms with Crippen molar-refractivity contribution in [2.75, 3.05) is 26.4 Å². The molecule has 0 unspecified atom stereocenters. The number of hydrogen-bond donors (Lipinski definition) is 0. The summed E-state index contributed by atoms with van der Waals surface area (Å²) < 4.78 is 20.1. The molecule has 0 aromatic heterocycles. The fraction of sp³-hybridized carbons (Fsp3) is 1.00. The Balaban J connectivity index is 2.49. The van der Waals surface area contributed by atoms with Crippen molar-refractivity contribution in [2.45, 2.75) is 48.4 Å². The fourth-order valence-electron chi connectivity index (χ4n) is 2.02. The van der Waals surface area contributed by atoms with Gasteiger partial charge in [-0.3, -0.25) is 0 Å². The molecular weight excluding hydrogens is 311 g/mol. The van der Waals surface area contributed by atoms with E-state index in [0.29, 0.717) is 0 Å². The summed E-state index contributed by atoms with van der Waals surface area (Å²) >= 11 is -2.69. The minimum absolute atomic E-state index is 0.750. The Kier molecular flexibility index (Phi) is 8.04. The van der Waals surface area contributed by atoms with Crippen molar-refractivity contribution in [2.24, 2.45) is 0 Å². The molecule has 0 bridgehead atoms. The summed E-state index contributed by atoms with van der Waals surface area (Å²) in [5.74, 6) is 0. The van der Waals surface area contributed by atoms with E-state index in [1.54, 1.807) is 0 Å². The second-order valence-corrected chi connectivity index (χ2v) is 14.1. The number of rotatable bonds is 6. The Morgan fingerprint density at radius 1 is 0.812 bits per heavy atom. The molecule has 0 N–H and O–H groups in total. The van der Waals surface area contributed by atoms with Crippen LogP contribution in [-0.4, -0.2) is 45.6 Å². The summed E-state index contributed by atoms with van der Waals surface area (Å²) in [6.45, 7) is 7.49. The third-order valence-electron chi connectivity index (χ3n) is 3.01. The topological polar surface area (TPSA) is 27.7 Å². The molecule has 1 aliphatic rings. The van der Waals surface area contributed by atoms with E-state index in [2.05, 4.69) is 13.8 Å². The van der Waals surface area contributed by atoms with Crippen molar-refractivity contribution in [1.29, 1.82) is 0 Å². The van der Waals surface area contributed by atoms with Crippen LogP contribution in [0.2, 0.25) is 8.87 Å². The molecule has 1 aliphatic heterocycles. The average Bonchev–Trinajstić information content (AvgIpc) is 2.27. The van der Waals surface area contributed by atoms with Gasteiger partial charge in [0.15, 0.2) is 0 Å². The van der Waals surface area contributed by atoms with Crippen LogP contribution in [0, 0.1) is 0 Å². The van der Waals surface area contributed by atoms with Crippen molar-refractivity contribution >= 4 is 19.2 Å². The van der Waals surface area contributed by atoms with Gasteiger partial charge in [-0.2, -0.15) is 0 Å². The molecule has 0 radical (unpaired) electrons. The van der Waals surface area contributed by atoms with Crippen LogP contribution in [0.3, 0.4) is 0 Å². The van der Waals surface area contributed by atoms with E-state index >= 15 is 0 Å². The van der Waals surface area contributed by atoms with Crippen LogP contribution in [0.5, 0.6) is 0 Å². The normalized spacial score (nSPS) is 21.4. The first-order chi connectivity index (χ1) is 7.83. The van der Waals surface area contributed by atoms with E-state index in [-0.39, 0.29) is 0 Å². The van der Waals surface area contributed by atoms with Crippen LogP contribution in [0.1, 0.15) is 39.5 Å². The molecule has 0 aromatic carbocycles. The summed E-state index contributed by atoms with van der Waals surface area (Å²) in [5.41, 5.74) is 0. The standard InChI is InChI=1S/C4H8O3.2C4H9.Sn/c5-1-3-7-4-2-6;2*1-3-4-2;/h1-4H2;2*1,3-4H2,2H3;/q-2;;;+2. The molecule has 1 fully saturated rings.